The predicted octanol–water partition coefficient (Wildman–Crippen LogP) is 3.40. The number of rotatable bonds is 7. The van der Waals surface area contributed by atoms with E-state index in [1.54, 1.807) is 23.6 Å². The predicted molar refractivity (Wildman–Crippen MR) is 107 cm³/mol. The van der Waals surface area contributed by atoms with Gasteiger partial charge in [-0.1, -0.05) is 30.3 Å². The number of nitrogen functional groups attached to an aromatic ring is 1. The number of carbonyl (C=O) groups is 1. The number of carboxylic acid groups (broad SMARTS) is 1. The quantitative estimate of drug-likeness (QED) is 0.240. The third-order valence-electron chi connectivity index (χ3n) is 3.79. The third-order valence-corrected chi connectivity index (χ3v) is 4.54. The van der Waals surface area contributed by atoms with E-state index in [0.29, 0.717) is 16.5 Å². The molecule has 0 saturated heterocycles. The van der Waals surface area contributed by atoms with Crippen LogP contribution in [0.15, 0.2) is 59.0 Å². The molecule has 0 atom stereocenters. The summed E-state index contributed by atoms with van der Waals surface area (Å²) in [5, 5.41) is 26.6. The Hall–Kier alpha value is -3.79. The third kappa shape index (κ3) is 4.48. The van der Waals surface area contributed by atoms with Crippen molar-refractivity contribution in [1.82, 2.24) is 4.98 Å². The molecular formula is C18H15N5O4S. The van der Waals surface area contributed by atoms with Crippen LogP contribution in [0.1, 0.15) is 5.56 Å². The van der Waals surface area contributed by atoms with Crippen molar-refractivity contribution in [2.24, 2.45) is 5.10 Å². The molecule has 0 bridgehead atoms. The first kappa shape index (κ1) is 19.0. The second-order valence-electron chi connectivity index (χ2n) is 5.70. The maximum absolute atomic E-state index is 11.5. The Kier molecular flexibility index (Phi) is 5.61. The molecule has 1 aromatic heterocycles. The molecule has 2 aromatic carbocycles. The van der Waals surface area contributed by atoms with E-state index in [1.165, 1.54) is 29.5 Å². The number of hydrogen-bond acceptors (Lipinski definition) is 8. The van der Waals surface area contributed by atoms with E-state index in [0.717, 1.165) is 5.56 Å². The summed E-state index contributed by atoms with van der Waals surface area (Å²) in [4.78, 5) is 26.4. The Balaban J connectivity index is 1.78. The summed E-state index contributed by atoms with van der Waals surface area (Å²) >= 11 is 1.25. The lowest BCUT2D eigenvalue weighted by molar-refractivity contribution is -0.385. The first-order valence-corrected chi connectivity index (χ1v) is 8.91. The van der Waals surface area contributed by atoms with Crippen LogP contribution in [0.25, 0.3) is 11.3 Å². The average Bonchev–Trinajstić information content (AvgIpc) is 3.14. The fourth-order valence-electron chi connectivity index (χ4n) is 2.41. The van der Waals surface area contributed by atoms with Gasteiger partial charge in [-0.3, -0.25) is 15.5 Å². The smallest absolute Gasteiger partial charge is 0.352 e. The summed E-state index contributed by atoms with van der Waals surface area (Å²) in [7, 11) is 0. The maximum atomic E-state index is 11.5. The number of thiazole rings is 1. The number of nitrogens with two attached hydrogens (primary N) is 1. The van der Waals surface area contributed by atoms with E-state index in [4.69, 9.17) is 5.73 Å². The molecular weight excluding hydrogens is 382 g/mol. The molecule has 0 fully saturated rings. The number of aromatic nitrogens is 1. The number of anilines is 2. The van der Waals surface area contributed by atoms with Crippen LogP contribution in [0, 0.1) is 10.1 Å². The van der Waals surface area contributed by atoms with Gasteiger partial charge in [0.05, 0.1) is 10.6 Å². The molecule has 0 unspecified atom stereocenters. The lowest BCUT2D eigenvalue weighted by Gasteiger charge is -2.04. The highest BCUT2D eigenvalue weighted by atomic mass is 32.1. The largest absolute Gasteiger partial charge is 0.477 e. The van der Waals surface area contributed by atoms with Crippen molar-refractivity contribution >= 4 is 39.5 Å². The van der Waals surface area contributed by atoms with Crippen LogP contribution in [-0.2, 0) is 11.2 Å². The minimum absolute atomic E-state index is 0.156. The van der Waals surface area contributed by atoms with Crippen molar-refractivity contribution in [3.8, 4) is 11.3 Å². The zero-order valence-corrected chi connectivity index (χ0v) is 15.2. The van der Waals surface area contributed by atoms with Crippen LogP contribution in [0.2, 0.25) is 0 Å². The van der Waals surface area contributed by atoms with E-state index < -0.39 is 10.9 Å². The highest BCUT2D eigenvalue weighted by Crippen LogP contribution is 2.25. The molecule has 0 spiro atoms. The van der Waals surface area contributed by atoms with Gasteiger partial charge >= 0.3 is 5.97 Å². The van der Waals surface area contributed by atoms with Crippen molar-refractivity contribution in [1.29, 1.82) is 0 Å². The van der Waals surface area contributed by atoms with Crippen molar-refractivity contribution in [3.63, 3.8) is 0 Å². The highest BCUT2D eigenvalue weighted by molar-refractivity contribution is 7.14. The fourth-order valence-corrected chi connectivity index (χ4v) is 3.07. The number of nitrogens with one attached hydrogen (secondary N) is 1. The summed E-state index contributed by atoms with van der Waals surface area (Å²) in [5.74, 6) is -1.28. The second kappa shape index (κ2) is 8.27. The van der Waals surface area contributed by atoms with E-state index in [1.807, 2.05) is 12.1 Å². The molecule has 10 heteroatoms. The van der Waals surface area contributed by atoms with Gasteiger partial charge in [0.2, 0.25) is 5.13 Å². The van der Waals surface area contributed by atoms with E-state index in [2.05, 4.69) is 15.5 Å². The monoisotopic (exact) mass is 397 g/mol. The van der Waals surface area contributed by atoms with Gasteiger partial charge in [0, 0.05) is 34.7 Å². The minimum atomic E-state index is -1.28. The van der Waals surface area contributed by atoms with Gasteiger partial charge in [-0.2, -0.15) is 5.10 Å². The number of nitro groups is 1. The van der Waals surface area contributed by atoms with Gasteiger partial charge in [0.15, 0.2) is 0 Å². The van der Waals surface area contributed by atoms with Gasteiger partial charge in [-0.05, 0) is 12.1 Å². The molecule has 0 aliphatic heterocycles. The standard InChI is InChI=1S/C18H15N5O4S/c19-13-7-5-11(6-8-13)15-10-28-18(20-15)22-21-14(17(24)25)9-12-3-1-2-4-16(12)23(26)27/h1-8,10H,9,19H2,(H,20,22)(H,24,25)/b21-14-. The summed E-state index contributed by atoms with van der Waals surface area (Å²) in [5.41, 5.74) is 10.3. The molecule has 0 aliphatic rings. The number of hydrazone groups is 1. The van der Waals surface area contributed by atoms with Gasteiger partial charge < -0.3 is 10.8 Å². The first-order chi connectivity index (χ1) is 13.4. The van der Waals surface area contributed by atoms with Crippen LogP contribution in [-0.4, -0.2) is 26.7 Å². The van der Waals surface area contributed by atoms with Crippen LogP contribution < -0.4 is 11.2 Å². The summed E-state index contributed by atoms with van der Waals surface area (Å²) in [6.45, 7) is 0. The average molecular weight is 397 g/mol. The maximum Gasteiger partial charge on any atom is 0.352 e. The molecule has 0 saturated carbocycles. The number of nitrogens with zero attached hydrogens (tertiary/aromatic N) is 3. The molecule has 0 amide bonds. The Morgan fingerprint density at radius 3 is 2.64 bits per heavy atom. The van der Waals surface area contributed by atoms with E-state index in [9.17, 15) is 20.0 Å². The Morgan fingerprint density at radius 2 is 1.96 bits per heavy atom. The number of carboxylic acids is 1. The van der Waals surface area contributed by atoms with Crippen LogP contribution in [0.3, 0.4) is 0 Å². The molecule has 1 heterocycles. The van der Waals surface area contributed by atoms with E-state index >= 15 is 0 Å². The Labute approximate surface area is 163 Å². The fraction of sp³-hybridized carbons (Fsp3) is 0.0556. The first-order valence-electron chi connectivity index (χ1n) is 8.03. The topological polar surface area (TPSA) is 144 Å². The SMILES string of the molecule is Nc1ccc(-c2csc(N/N=C(/Cc3ccccc3[N+](=O)[O-])C(=O)O)n2)cc1. The van der Waals surface area contributed by atoms with Crippen LogP contribution >= 0.6 is 11.3 Å². The zero-order chi connectivity index (χ0) is 20.1. The molecule has 3 aromatic rings. The Morgan fingerprint density at radius 1 is 1.25 bits per heavy atom. The van der Waals surface area contributed by atoms with Crippen molar-refractivity contribution in [2.45, 2.75) is 6.42 Å². The lowest BCUT2D eigenvalue weighted by atomic mass is 10.1. The number of hydrogen-bond donors (Lipinski definition) is 3. The van der Waals surface area contributed by atoms with Gasteiger partial charge in [0.1, 0.15) is 5.71 Å². The molecule has 9 nitrogen and oxygen atoms in total. The molecule has 0 radical (unpaired) electrons. The normalized spacial score (nSPS) is 11.2. The van der Waals surface area contributed by atoms with E-state index in [-0.39, 0.29) is 23.4 Å². The van der Waals surface area contributed by atoms with Crippen LogP contribution in [0.4, 0.5) is 16.5 Å². The second-order valence-corrected chi connectivity index (χ2v) is 6.56. The zero-order valence-electron chi connectivity index (χ0n) is 14.4. The Bertz CT molecular complexity index is 1050. The summed E-state index contributed by atoms with van der Waals surface area (Å²) < 4.78 is 0. The molecule has 4 N–H and O–H groups in total. The van der Waals surface area contributed by atoms with Gasteiger partial charge in [-0.15, -0.1) is 11.3 Å². The van der Waals surface area contributed by atoms with Gasteiger partial charge in [-0.25, -0.2) is 9.78 Å². The van der Waals surface area contributed by atoms with Crippen LogP contribution in [0.5, 0.6) is 0 Å². The number of nitro benzene ring substituents is 1. The van der Waals surface area contributed by atoms with Crippen molar-refractivity contribution in [2.75, 3.05) is 11.2 Å². The number of benzene rings is 2. The summed E-state index contributed by atoms with van der Waals surface area (Å²) in [6.07, 6.45) is -0.199. The molecule has 142 valence electrons. The molecule has 28 heavy (non-hydrogen) atoms. The molecule has 0 aliphatic carbocycles. The van der Waals surface area contributed by atoms with Crippen molar-refractivity contribution < 1.29 is 14.8 Å². The highest BCUT2D eigenvalue weighted by Gasteiger charge is 2.18. The number of para-hydroxylation sites is 1. The minimum Gasteiger partial charge on any atom is -0.477 e. The summed E-state index contributed by atoms with van der Waals surface area (Å²) in [6, 6.07) is 13.1. The van der Waals surface area contributed by atoms with Gasteiger partial charge in [0.25, 0.3) is 5.69 Å². The van der Waals surface area contributed by atoms with Crippen molar-refractivity contribution in [3.05, 3.63) is 69.6 Å². The number of aliphatic carboxylic acids is 1. The molecule has 3 rings (SSSR count). The lowest BCUT2D eigenvalue weighted by Crippen LogP contribution is -2.18.